The van der Waals surface area contributed by atoms with E-state index in [2.05, 4.69) is 15.4 Å². The highest BCUT2D eigenvalue weighted by Gasteiger charge is 2.24. The molecule has 10 nitrogen and oxygen atoms in total. The van der Waals surface area contributed by atoms with Crippen molar-refractivity contribution in [1.29, 1.82) is 0 Å². The summed E-state index contributed by atoms with van der Waals surface area (Å²) in [6.07, 6.45) is 21.4. The molecular weight excluding hydrogens is 480 g/mol. The SMILES string of the molecule is COC1C=CC=C(c2nc3occn3c2C2=CCNC(NCCNS(=O)(=O)C3=CCC=CC=C3)=N2)C1. The molecule has 0 bridgehead atoms. The molecule has 0 saturated carbocycles. The minimum atomic E-state index is -3.57. The van der Waals surface area contributed by atoms with Crippen LogP contribution in [0, 0.1) is 0 Å². The zero-order chi connectivity index (χ0) is 25.0. The summed E-state index contributed by atoms with van der Waals surface area (Å²) in [5.41, 5.74) is 3.40. The van der Waals surface area contributed by atoms with Gasteiger partial charge >= 0.3 is 5.84 Å². The fourth-order valence-corrected chi connectivity index (χ4v) is 5.26. The van der Waals surface area contributed by atoms with Gasteiger partial charge in [0.25, 0.3) is 0 Å². The van der Waals surface area contributed by atoms with Crippen molar-refractivity contribution in [3.8, 4) is 0 Å². The summed E-state index contributed by atoms with van der Waals surface area (Å²) in [4.78, 5) is 9.74. The number of ether oxygens (including phenoxy) is 1. The molecule has 0 aromatic carbocycles. The van der Waals surface area contributed by atoms with Gasteiger partial charge < -0.3 is 19.8 Å². The number of guanidine groups is 1. The van der Waals surface area contributed by atoms with Crippen molar-refractivity contribution >= 4 is 33.1 Å². The van der Waals surface area contributed by atoms with Gasteiger partial charge in [-0.25, -0.2) is 18.1 Å². The number of rotatable bonds is 8. The average molecular weight is 509 g/mol. The van der Waals surface area contributed by atoms with Gasteiger partial charge in [0.1, 0.15) is 12.0 Å². The Kier molecular flexibility index (Phi) is 7.03. The maximum Gasteiger partial charge on any atom is 0.306 e. The van der Waals surface area contributed by atoms with E-state index in [4.69, 9.17) is 19.1 Å². The summed E-state index contributed by atoms with van der Waals surface area (Å²) in [6, 6.07) is 0. The van der Waals surface area contributed by atoms with Gasteiger partial charge in [-0.2, -0.15) is 4.98 Å². The zero-order valence-corrected chi connectivity index (χ0v) is 20.7. The minimum absolute atomic E-state index is 0.0159. The number of allylic oxidation sites excluding steroid dienone is 7. The van der Waals surface area contributed by atoms with Crippen LogP contribution < -0.4 is 15.4 Å². The average Bonchev–Trinajstić information content (AvgIpc) is 3.37. The molecule has 0 saturated heterocycles. The molecule has 36 heavy (non-hydrogen) atoms. The molecule has 1 atom stereocenters. The van der Waals surface area contributed by atoms with Gasteiger partial charge in [-0.1, -0.05) is 42.5 Å². The molecule has 5 rings (SSSR count). The lowest BCUT2D eigenvalue weighted by Crippen LogP contribution is -2.42. The number of sulfonamides is 1. The first kappa shape index (κ1) is 24.0. The lowest BCUT2D eigenvalue weighted by atomic mass is 9.97. The van der Waals surface area contributed by atoms with E-state index in [0.29, 0.717) is 37.7 Å². The fraction of sp³-hybridized carbons (Fsp3) is 0.280. The second-order valence-electron chi connectivity index (χ2n) is 8.30. The van der Waals surface area contributed by atoms with Crippen LogP contribution >= 0.6 is 0 Å². The van der Waals surface area contributed by atoms with Gasteiger partial charge in [-0.15, -0.1) is 0 Å². The van der Waals surface area contributed by atoms with E-state index in [0.717, 1.165) is 22.7 Å². The zero-order valence-electron chi connectivity index (χ0n) is 19.8. The maximum absolute atomic E-state index is 12.5. The van der Waals surface area contributed by atoms with Crippen LogP contribution in [-0.4, -0.2) is 56.6 Å². The topological polar surface area (TPSA) is 122 Å². The molecule has 1 unspecified atom stereocenters. The second-order valence-corrected chi connectivity index (χ2v) is 10.1. The number of hydrogen-bond acceptors (Lipinski definition) is 8. The summed E-state index contributed by atoms with van der Waals surface area (Å²) in [5, 5.41) is 6.37. The number of oxazole rings is 1. The predicted molar refractivity (Wildman–Crippen MR) is 139 cm³/mol. The van der Waals surface area contributed by atoms with Crippen LogP contribution in [0.1, 0.15) is 24.2 Å². The minimum Gasteiger partial charge on any atom is -0.432 e. The Bertz CT molecular complexity index is 1450. The molecule has 0 amide bonds. The van der Waals surface area contributed by atoms with Gasteiger partial charge in [-0.05, 0) is 24.1 Å². The normalized spacial score (nSPS) is 19.9. The molecule has 3 aliphatic rings. The Labute approximate surface area is 209 Å². The monoisotopic (exact) mass is 508 g/mol. The Hall–Kier alpha value is -3.67. The Morgan fingerprint density at radius 1 is 1.25 bits per heavy atom. The van der Waals surface area contributed by atoms with Gasteiger partial charge in [0.15, 0.2) is 5.96 Å². The smallest absolute Gasteiger partial charge is 0.306 e. The third-order valence-electron chi connectivity index (χ3n) is 5.94. The first-order valence-corrected chi connectivity index (χ1v) is 13.2. The van der Waals surface area contributed by atoms with Crippen LogP contribution in [0.2, 0.25) is 0 Å². The van der Waals surface area contributed by atoms with E-state index in [1.165, 1.54) is 0 Å². The molecule has 0 radical (unpaired) electrons. The number of aromatic nitrogens is 2. The molecule has 0 spiro atoms. The van der Waals surface area contributed by atoms with Crippen LogP contribution in [0.3, 0.4) is 0 Å². The molecular formula is C25H28N6O4S. The Morgan fingerprint density at radius 3 is 3.06 bits per heavy atom. The van der Waals surface area contributed by atoms with E-state index in [1.807, 2.05) is 47.1 Å². The number of imidazole rings is 1. The largest absolute Gasteiger partial charge is 0.432 e. The first-order valence-electron chi connectivity index (χ1n) is 11.7. The van der Waals surface area contributed by atoms with Crippen LogP contribution in [-0.2, 0) is 14.8 Å². The van der Waals surface area contributed by atoms with Crippen molar-refractivity contribution in [3.63, 3.8) is 0 Å². The third kappa shape index (κ3) is 5.13. The van der Waals surface area contributed by atoms with Gasteiger partial charge in [0.2, 0.25) is 10.0 Å². The number of nitrogens with zero attached hydrogens (tertiary/aromatic N) is 3. The van der Waals surface area contributed by atoms with Crippen molar-refractivity contribution < 1.29 is 17.6 Å². The maximum atomic E-state index is 12.5. The summed E-state index contributed by atoms with van der Waals surface area (Å²) < 4.78 is 40.7. The molecule has 3 N–H and O–H groups in total. The van der Waals surface area contributed by atoms with Crippen molar-refractivity contribution in [2.75, 3.05) is 26.7 Å². The molecule has 2 aromatic rings. The van der Waals surface area contributed by atoms with Crippen LogP contribution in [0.4, 0.5) is 0 Å². The third-order valence-corrected chi connectivity index (χ3v) is 7.44. The standard InChI is InChI=1S/C25H28N6O4S/c1-34-19-8-6-7-18(17-19)22-23(31-15-16-35-25(31)30-22)21-11-12-26-24(29-21)27-13-14-28-36(32,33)20-9-4-2-3-5-10-20/h2-4,6-11,15-16,19,28H,5,12-14,17H2,1H3,(H2,26,27,29). The van der Waals surface area contributed by atoms with Gasteiger partial charge in [0, 0.05) is 39.4 Å². The highest BCUT2D eigenvalue weighted by atomic mass is 32.2. The molecule has 11 heteroatoms. The quantitative estimate of drug-likeness (QED) is 0.468. The number of hydrogen-bond donors (Lipinski definition) is 3. The van der Waals surface area contributed by atoms with E-state index in [1.54, 1.807) is 31.6 Å². The van der Waals surface area contributed by atoms with Gasteiger partial charge in [-0.3, -0.25) is 4.40 Å². The summed E-state index contributed by atoms with van der Waals surface area (Å²) in [5.74, 6) is 1.04. The summed E-state index contributed by atoms with van der Waals surface area (Å²) in [7, 11) is -1.88. The first-order chi connectivity index (χ1) is 17.5. The Balaban J connectivity index is 1.29. The van der Waals surface area contributed by atoms with Crippen molar-refractivity contribution in [1.82, 2.24) is 24.7 Å². The highest BCUT2D eigenvalue weighted by Crippen LogP contribution is 2.32. The van der Waals surface area contributed by atoms with E-state index in [-0.39, 0.29) is 17.6 Å². The van der Waals surface area contributed by atoms with Crippen LogP contribution in [0.5, 0.6) is 0 Å². The van der Waals surface area contributed by atoms with Crippen molar-refractivity contribution in [2.24, 2.45) is 4.99 Å². The molecule has 188 valence electrons. The predicted octanol–water partition coefficient (Wildman–Crippen LogP) is 2.49. The van der Waals surface area contributed by atoms with E-state index >= 15 is 0 Å². The summed E-state index contributed by atoms with van der Waals surface area (Å²) >= 11 is 0. The number of fused-ring (bicyclic) bond motifs is 1. The molecule has 0 fully saturated rings. The lowest BCUT2D eigenvalue weighted by molar-refractivity contribution is 0.144. The van der Waals surface area contributed by atoms with E-state index in [9.17, 15) is 8.42 Å². The van der Waals surface area contributed by atoms with Crippen LogP contribution in [0.25, 0.3) is 17.1 Å². The van der Waals surface area contributed by atoms with Crippen LogP contribution in [0.15, 0.2) is 81.5 Å². The number of aliphatic imine (C=N–C) groups is 1. The second kappa shape index (κ2) is 10.5. The molecule has 1 aliphatic heterocycles. The highest BCUT2D eigenvalue weighted by molar-refractivity contribution is 7.93. The van der Waals surface area contributed by atoms with Crippen molar-refractivity contribution in [3.05, 3.63) is 83.4 Å². The fourth-order valence-electron chi connectivity index (χ4n) is 4.15. The molecule has 3 heterocycles. The van der Waals surface area contributed by atoms with Gasteiger partial charge in [0.05, 0.1) is 22.4 Å². The summed E-state index contributed by atoms with van der Waals surface area (Å²) in [6.45, 7) is 1.13. The van der Waals surface area contributed by atoms with Crippen molar-refractivity contribution in [2.45, 2.75) is 18.9 Å². The molecule has 2 aromatic heterocycles. The number of methoxy groups -OCH3 is 1. The van der Waals surface area contributed by atoms with E-state index < -0.39 is 10.0 Å². The Morgan fingerprint density at radius 2 is 2.17 bits per heavy atom. The molecule has 2 aliphatic carbocycles. The number of nitrogens with one attached hydrogen (secondary N) is 3. The lowest BCUT2D eigenvalue weighted by Gasteiger charge is -2.19.